The molecule has 1 aromatic rings. The fraction of sp³-hybridized carbons (Fsp3) is 0.529. The summed E-state index contributed by atoms with van der Waals surface area (Å²) in [6.45, 7) is 3.48. The Morgan fingerprint density at radius 3 is 2.55 bits per heavy atom. The first kappa shape index (κ1) is 16.5. The van der Waals surface area contributed by atoms with Gasteiger partial charge in [-0.05, 0) is 45.4 Å². The van der Waals surface area contributed by atoms with E-state index in [1.807, 2.05) is 48.0 Å². The Morgan fingerprint density at radius 2 is 1.91 bits per heavy atom. The Kier molecular flexibility index (Phi) is 5.55. The molecular weight excluding hydrogens is 280 g/mol. The summed E-state index contributed by atoms with van der Waals surface area (Å²) in [4.78, 5) is 27.1. The van der Waals surface area contributed by atoms with Crippen LogP contribution < -0.4 is 0 Å². The van der Waals surface area contributed by atoms with E-state index in [2.05, 4.69) is 0 Å². The predicted molar refractivity (Wildman–Crippen MR) is 85.0 cm³/mol. The molecular formula is C17H24N2O3. The Balaban J connectivity index is 1.96. The Morgan fingerprint density at radius 1 is 1.23 bits per heavy atom. The van der Waals surface area contributed by atoms with Gasteiger partial charge in [0.2, 0.25) is 0 Å². The maximum absolute atomic E-state index is 12.5. The molecule has 1 atom stereocenters. The highest BCUT2D eigenvalue weighted by Crippen LogP contribution is 2.18. The third kappa shape index (κ3) is 4.31. The monoisotopic (exact) mass is 304 g/mol. The van der Waals surface area contributed by atoms with E-state index in [1.165, 1.54) is 0 Å². The number of aryl methyl sites for hydroxylation is 1. The Hall–Kier alpha value is -1.88. The number of likely N-dealkylation sites (N-methyl/N-ethyl adjacent to an activating group) is 1. The number of rotatable bonds is 4. The van der Waals surface area contributed by atoms with E-state index < -0.39 is 5.97 Å². The number of likely N-dealkylation sites (tertiary alicyclic amines) is 1. The summed E-state index contributed by atoms with van der Waals surface area (Å²) in [7, 11) is 1.84. The normalized spacial score (nSPS) is 19.0. The topological polar surface area (TPSA) is 60.9 Å². The summed E-state index contributed by atoms with van der Waals surface area (Å²) in [5, 5.41) is 8.89. The highest BCUT2D eigenvalue weighted by molar-refractivity contribution is 5.94. The van der Waals surface area contributed by atoms with Crippen LogP contribution >= 0.6 is 0 Å². The van der Waals surface area contributed by atoms with Crippen molar-refractivity contribution in [3.05, 3.63) is 35.4 Å². The quantitative estimate of drug-likeness (QED) is 0.924. The third-order valence-electron chi connectivity index (χ3n) is 4.29. The molecule has 0 aromatic heterocycles. The van der Waals surface area contributed by atoms with Crippen LogP contribution in [0.5, 0.6) is 0 Å². The molecule has 2 rings (SSSR count). The zero-order valence-corrected chi connectivity index (χ0v) is 13.3. The second-order valence-electron chi connectivity index (χ2n) is 6.05. The van der Waals surface area contributed by atoms with Gasteiger partial charge in [-0.25, -0.2) is 0 Å². The van der Waals surface area contributed by atoms with Crippen molar-refractivity contribution in [2.45, 2.75) is 32.2 Å². The minimum atomic E-state index is -0.806. The van der Waals surface area contributed by atoms with Crippen molar-refractivity contribution in [2.24, 2.45) is 0 Å². The van der Waals surface area contributed by atoms with Crippen LogP contribution in [0, 0.1) is 6.92 Å². The average molecular weight is 304 g/mol. The SMILES string of the molecule is Cc1ccc(C(=O)N2CCCC(N(C)CC(=O)O)CC2)cc1. The summed E-state index contributed by atoms with van der Waals surface area (Å²) >= 11 is 0. The summed E-state index contributed by atoms with van der Waals surface area (Å²) in [5.41, 5.74) is 1.87. The van der Waals surface area contributed by atoms with Crippen molar-refractivity contribution in [1.82, 2.24) is 9.80 Å². The fourth-order valence-corrected chi connectivity index (χ4v) is 2.94. The van der Waals surface area contributed by atoms with Gasteiger partial charge in [-0.1, -0.05) is 17.7 Å². The van der Waals surface area contributed by atoms with Crippen molar-refractivity contribution >= 4 is 11.9 Å². The van der Waals surface area contributed by atoms with E-state index in [4.69, 9.17) is 5.11 Å². The number of aliphatic carboxylic acids is 1. The van der Waals surface area contributed by atoms with E-state index in [9.17, 15) is 9.59 Å². The van der Waals surface area contributed by atoms with E-state index in [1.54, 1.807) is 0 Å². The van der Waals surface area contributed by atoms with E-state index in [0.717, 1.165) is 36.9 Å². The number of carboxylic acids is 1. The van der Waals surface area contributed by atoms with Crippen LogP contribution in [-0.2, 0) is 4.79 Å². The lowest BCUT2D eigenvalue weighted by Crippen LogP contribution is -2.37. The average Bonchev–Trinajstić information content (AvgIpc) is 2.72. The number of carbonyl (C=O) groups is 2. The van der Waals surface area contributed by atoms with Gasteiger partial charge in [-0.15, -0.1) is 0 Å². The van der Waals surface area contributed by atoms with Crippen molar-refractivity contribution in [2.75, 3.05) is 26.7 Å². The first-order valence-electron chi connectivity index (χ1n) is 7.75. The molecule has 1 saturated heterocycles. The minimum absolute atomic E-state index is 0.0522. The number of benzene rings is 1. The van der Waals surface area contributed by atoms with Gasteiger partial charge in [-0.3, -0.25) is 14.5 Å². The number of hydrogen-bond acceptors (Lipinski definition) is 3. The number of hydrogen-bond donors (Lipinski definition) is 1. The van der Waals surface area contributed by atoms with Crippen LogP contribution in [0.25, 0.3) is 0 Å². The fourth-order valence-electron chi connectivity index (χ4n) is 2.94. The smallest absolute Gasteiger partial charge is 0.317 e. The first-order valence-corrected chi connectivity index (χ1v) is 7.75. The molecule has 0 spiro atoms. The molecule has 5 heteroatoms. The molecule has 1 aromatic carbocycles. The molecule has 22 heavy (non-hydrogen) atoms. The highest BCUT2D eigenvalue weighted by Gasteiger charge is 2.24. The standard InChI is InChI=1S/C17H24N2O3/c1-13-5-7-14(8-6-13)17(22)19-10-3-4-15(9-11-19)18(2)12-16(20)21/h5-8,15H,3-4,9-12H2,1-2H3,(H,20,21). The van der Waals surface area contributed by atoms with Gasteiger partial charge in [0.15, 0.2) is 0 Å². The lowest BCUT2D eigenvalue weighted by molar-refractivity contribution is -0.138. The number of carbonyl (C=O) groups excluding carboxylic acids is 1. The molecule has 1 heterocycles. The lowest BCUT2D eigenvalue weighted by atomic mass is 10.1. The molecule has 1 unspecified atom stereocenters. The van der Waals surface area contributed by atoms with E-state index in [-0.39, 0.29) is 18.5 Å². The van der Waals surface area contributed by atoms with Crippen LogP contribution in [-0.4, -0.2) is 59.5 Å². The van der Waals surface area contributed by atoms with Crippen LogP contribution in [0.15, 0.2) is 24.3 Å². The first-order chi connectivity index (χ1) is 10.5. The number of nitrogens with zero attached hydrogens (tertiary/aromatic N) is 2. The predicted octanol–water partition coefficient (Wildman–Crippen LogP) is 2.01. The van der Waals surface area contributed by atoms with Gasteiger partial charge in [0.25, 0.3) is 5.91 Å². The number of carboxylic acid groups (broad SMARTS) is 1. The van der Waals surface area contributed by atoms with Gasteiger partial charge in [0.1, 0.15) is 0 Å². The molecule has 1 N–H and O–H groups in total. The maximum atomic E-state index is 12.5. The molecule has 1 amide bonds. The third-order valence-corrected chi connectivity index (χ3v) is 4.29. The minimum Gasteiger partial charge on any atom is -0.480 e. The zero-order chi connectivity index (χ0) is 16.1. The second-order valence-corrected chi connectivity index (χ2v) is 6.05. The zero-order valence-electron chi connectivity index (χ0n) is 13.3. The largest absolute Gasteiger partial charge is 0.480 e. The van der Waals surface area contributed by atoms with E-state index in [0.29, 0.717) is 6.54 Å². The molecule has 0 saturated carbocycles. The molecule has 0 aliphatic carbocycles. The van der Waals surface area contributed by atoms with Crippen molar-refractivity contribution in [1.29, 1.82) is 0 Å². The van der Waals surface area contributed by atoms with E-state index >= 15 is 0 Å². The summed E-state index contributed by atoms with van der Waals surface area (Å²) in [5.74, 6) is -0.735. The van der Waals surface area contributed by atoms with Gasteiger partial charge >= 0.3 is 5.97 Å². The lowest BCUT2D eigenvalue weighted by Gasteiger charge is -2.25. The molecule has 5 nitrogen and oxygen atoms in total. The molecule has 0 radical (unpaired) electrons. The van der Waals surface area contributed by atoms with Crippen LogP contribution in [0.2, 0.25) is 0 Å². The Bertz CT molecular complexity index is 527. The molecule has 120 valence electrons. The van der Waals surface area contributed by atoms with Gasteiger partial charge < -0.3 is 10.0 Å². The van der Waals surface area contributed by atoms with Crippen LogP contribution in [0.3, 0.4) is 0 Å². The Labute approximate surface area is 131 Å². The summed E-state index contributed by atoms with van der Waals surface area (Å²) < 4.78 is 0. The van der Waals surface area contributed by atoms with Crippen LogP contribution in [0.1, 0.15) is 35.2 Å². The molecule has 1 aliphatic heterocycles. The summed E-state index contributed by atoms with van der Waals surface area (Å²) in [6.07, 6.45) is 2.66. The molecule has 1 fully saturated rings. The van der Waals surface area contributed by atoms with Gasteiger partial charge in [-0.2, -0.15) is 0 Å². The summed E-state index contributed by atoms with van der Waals surface area (Å²) in [6, 6.07) is 7.88. The molecule has 1 aliphatic rings. The second kappa shape index (κ2) is 7.40. The maximum Gasteiger partial charge on any atom is 0.317 e. The van der Waals surface area contributed by atoms with Crippen molar-refractivity contribution in [3.63, 3.8) is 0 Å². The molecule has 0 bridgehead atoms. The number of amides is 1. The van der Waals surface area contributed by atoms with Gasteiger partial charge in [0.05, 0.1) is 6.54 Å². The van der Waals surface area contributed by atoms with Crippen LogP contribution in [0.4, 0.5) is 0 Å². The van der Waals surface area contributed by atoms with Crippen molar-refractivity contribution in [3.8, 4) is 0 Å². The van der Waals surface area contributed by atoms with Gasteiger partial charge in [0, 0.05) is 24.7 Å². The highest BCUT2D eigenvalue weighted by atomic mass is 16.4. The van der Waals surface area contributed by atoms with Crippen molar-refractivity contribution < 1.29 is 14.7 Å².